The van der Waals surface area contributed by atoms with Crippen LogP contribution >= 0.6 is 0 Å². The number of hydrogen-bond donors (Lipinski definition) is 2. The Bertz CT molecular complexity index is 645. The molecule has 2 aromatic carbocycles. The quantitative estimate of drug-likeness (QED) is 0.831. The summed E-state index contributed by atoms with van der Waals surface area (Å²) < 4.78 is 32.8. The van der Waals surface area contributed by atoms with E-state index in [0.717, 1.165) is 0 Å². The van der Waals surface area contributed by atoms with Crippen molar-refractivity contribution in [3.63, 3.8) is 0 Å². The Morgan fingerprint density at radius 3 is 2.43 bits per heavy atom. The maximum atomic E-state index is 13.9. The van der Waals surface area contributed by atoms with Crippen molar-refractivity contribution in [2.75, 3.05) is 12.3 Å². The summed E-state index contributed by atoms with van der Waals surface area (Å²) in [6, 6.07) is 11.0. The average molecular weight is 293 g/mol. The molecule has 4 nitrogen and oxygen atoms in total. The van der Waals surface area contributed by atoms with Gasteiger partial charge in [-0.25, -0.2) is 4.79 Å². The Labute approximate surface area is 119 Å². The summed E-state index contributed by atoms with van der Waals surface area (Å²) in [5.74, 6) is -4.25. The molecule has 0 amide bonds. The van der Waals surface area contributed by atoms with E-state index < -0.39 is 18.5 Å². The predicted molar refractivity (Wildman–Crippen MR) is 73.6 cm³/mol. The molecule has 2 rings (SSSR count). The molecule has 0 unspecified atom stereocenters. The van der Waals surface area contributed by atoms with Crippen LogP contribution in [0.5, 0.6) is 5.75 Å². The zero-order valence-electron chi connectivity index (χ0n) is 10.9. The highest BCUT2D eigenvalue weighted by atomic mass is 19.3. The normalized spacial score (nSPS) is 11.1. The highest BCUT2D eigenvalue weighted by molar-refractivity contribution is 5.93. The van der Waals surface area contributed by atoms with Gasteiger partial charge in [-0.2, -0.15) is 8.78 Å². The zero-order chi connectivity index (χ0) is 15.5. The molecule has 0 saturated heterocycles. The Balaban J connectivity index is 2.09. The highest BCUT2D eigenvalue weighted by Gasteiger charge is 2.32. The van der Waals surface area contributed by atoms with Gasteiger partial charge in [0, 0.05) is 17.3 Å². The van der Waals surface area contributed by atoms with Gasteiger partial charge in [0.05, 0.1) is 5.56 Å². The number of nitrogens with two attached hydrogens (primary N) is 1. The summed E-state index contributed by atoms with van der Waals surface area (Å²) >= 11 is 0. The van der Waals surface area contributed by atoms with Gasteiger partial charge in [-0.05, 0) is 12.1 Å². The second-order valence-electron chi connectivity index (χ2n) is 4.41. The lowest BCUT2D eigenvalue weighted by Crippen LogP contribution is -2.23. The minimum absolute atomic E-state index is 0.0389. The summed E-state index contributed by atoms with van der Waals surface area (Å²) in [4.78, 5) is 10.8. The van der Waals surface area contributed by atoms with Crippen molar-refractivity contribution in [3.05, 3.63) is 59.7 Å². The molecule has 21 heavy (non-hydrogen) atoms. The zero-order valence-corrected chi connectivity index (χ0v) is 10.9. The van der Waals surface area contributed by atoms with Gasteiger partial charge in [-0.15, -0.1) is 0 Å². The summed E-state index contributed by atoms with van der Waals surface area (Å²) in [6.07, 6.45) is 0. The first kappa shape index (κ1) is 14.8. The van der Waals surface area contributed by atoms with Crippen LogP contribution in [0.15, 0.2) is 48.5 Å². The Morgan fingerprint density at radius 1 is 1.19 bits per heavy atom. The van der Waals surface area contributed by atoms with Crippen molar-refractivity contribution >= 4 is 11.7 Å². The third-order valence-corrected chi connectivity index (χ3v) is 2.87. The van der Waals surface area contributed by atoms with E-state index in [-0.39, 0.29) is 22.6 Å². The molecule has 0 aliphatic rings. The fourth-order valence-corrected chi connectivity index (χ4v) is 1.76. The smallest absolute Gasteiger partial charge is 0.337 e. The molecular weight excluding hydrogens is 280 g/mol. The molecule has 0 atom stereocenters. The van der Waals surface area contributed by atoms with Crippen molar-refractivity contribution in [3.8, 4) is 5.75 Å². The van der Waals surface area contributed by atoms with Gasteiger partial charge in [0.2, 0.25) is 0 Å². The molecule has 0 heterocycles. The van der Waals surface area contributed by atoms with E-state index in [4.69, 9.17) is 15.6 Å². The lowest BCUT2D eigenvalue weighted by atomic mass is 10.1. The lowest BCUT2D eigenvalue weighted by molar-refractivity contribution is -0.0467. The van der Waals surface area contributed by atoms with Crippen LogP contribution in [0.2, 0.25) is 0 Å². The molecule has 0 fully saturated rings. The van der Waals surface area contributed by atoms with Crippen molar-refractivity contribution in [1.82, 2.24) is 0 Å². The fraction of sp³-hybridized carbons (Fsp3) is 0.133. The minimum atomic E-state index is -3.15. The van der Waals surface area contributed by atoms with Crippen molar-refractivity contribution in [2.24, 2.45) is 0 Å². The molecular formula is C15H13F2NO3. The maximum absolute atomic E-state index is 13.9. The lowest BCUT2D eigenvalue weighted by Gasteiger charge is -2.17. The van der Waals surface area contributed by atoms with Crippen molar-refractivity contribution in [2.45, 2.75) is 5.92 Å². The average Bonchev–Trinajstić information content (AvgIpc) is 2.46. The number of carbonyl (C=O) groups is 1. The van der Waals surface area contributed by atoms with Crippen LogP contribution in [0.1, 0.15) is 15.9 Å². The molecule has 0 spiro atoms. The Morgan fingerprint density at radius 2 is 1.86 bits per heavy atom. The van der Waals surface area contributed by atoms with Crippen LogP contribution in [0, 0.1) is 0 Å². The third-order valence-electron chi connectivity index (χ3n) is 2.87. The summed E-state index contributed by atoms with van der Waals surface area (Å²) in [7, 11) is 0. The predicted octanol–water partition coefficient (Wildman–Crippen LogP) is 3.14. The van der Waals surface area contributed by atoms with Crippen LogP contribution < -0.4 is 10.5 Å². The molecule has 0 aliphatic heterocycles. The van der Waals surface area contributed by atoms with Gasteiger partial charge >= 0.3 is 11.9 Å². The van der Waals surface area contributed by atoms with E-state index in [1.54, 1.807) is 6.07 Å². The Kier molecular flexibility index (Phi) is 4.07. The van der Waals surface area contributed by atoms with E-state index in [2.05, 4.69) is 0 Å². The standard InChI is InChI=1S/C15H13F2NO3/c16-15(17,10-4-2-1-3-5-10)9-21-11-6-7-12(14(19)20)13(18)8-11/h1-8H,9,18H2,(H,19,20). The molecule has 0 aromatic heterocycles. The van der Waals surface area contributed by atoms with E-state index in [9.17, 15) is 13.6 Å². The highest BCUT2D eigenvalue weighted by Crippen LogP contribution is 2.29. The summed E-state index contributed by atoms with van der Waals surface area (Å²) in [5, 5.41) is 8.82. The molecule has 2 aromatic rings. The molecule has 110 valence electrons. The second-order valence-corrected chi connectivity index (χ2v) is 4.41. The number of carboxylic acids is 1. The molecule has 0 aliphatic carbocycles. The number of carboxylic acid groups (broad SMARTS) is 1. The van der Waals surface area contributed by atoms with E-state index >= 15 is 0 Å². The molecule has 3 N–H and O–H groups in total. The Hall–Kier alpha value is -2.63. The van der Waals surface area contributed by atoms with E-state index in [1.165, 1.54) is 42.5 Å². The van der Waals surface area contributed by atoms with Gasteiger partial charge in [-0.1, -0.05) is 30.3 Å². The largest absolute Gasteiger partial charge is 0.487 e. The number of halogens is 2. The van der Waals surface area contributed by atoms with Crippen LogP contribution in [0.25, 0.3) is 0 Å². The number of benzene rings is 2. The van der Waals surface area contributed by atoms with Gasteiger partial charge in [0.25, 0.3) is 0 Å². The van der Waals surface area contributed by atoms with Crippen LogP contribution in [0.3, 0.4) is 0 Å². The van der Waals surface area contributed by atoms with Crippen molar-refractivity contribution < 1.29 is 23.4 Å². The fourth-order valence-electron chi connectivity index (χ4n) is 1.76. The van der Waals surface area contributed by atoms with Crippen LogP contribution in [-0.4, -0.2) is 17.7 Å². The van der Waals surface area contributed by atoms with E-state index in [0.29, 0.717) is 0 Å². The summed E-state index contributed by atoms with van der Waals surface area (Å²) in [6.45, 7) is -0.858. The number of alkyl halides is 2. The SMILES string of the molecule is Nc1cc(OCC(F)(F)c2ccccc2)ccc1C(=O)O. The van der Waals surface area contributed by atoms with Gasteiger partial charge in [0.1, 0.15) is 5.75 Å². The number of aromatic carboxylic acids is 1. The van der Waals surface area contributed by atoms with Crippen molar-refractivity contribution in [1.29, 1.82) is 0 Å². The molecule has 0 radical (unpaired) electrons. The van der Waals surface area contributed by atoms with Gasteiger partial charge in [-0.3, -0.25) is 0 Å². The summed E-state index contributed by atoms with van der Waals surface area (Å²) in [5.41, 5.74) is 5.23. The minimum Gasteiger partial charge on any atom is -0.487 e. The number of rotatable bonds is 5. The number of ether oxygens (including phenoxy) is 1. The van der Waals surface area contributed by atoms with E-state index in [1.807, 2.05) is 0 Å². The first-order valence-corrected chi connectivity index (χ1v) is 6.09. The number of anilines is 1. The topological polar surface area (TPSA) is 72.5 Å². The first-order valence-electron chi connectivity index (χ1n) is 6.09. The van der Waals surface area contributed by atoms with Crippen LogP contribution in [0.4, 0.5) is 14.5 Å². The maximum Gasteiger partial charge on any atom is 0.337 e. The first-order chi connectivity index (χ1) is 9.90. The monoisotopic (exact) mass is 293 g/mol. The van der Waals surface area contributed by atoms with Crippen LogP contribution in [-0.2, 0) is 5.92 Å². The molecule has 0 bridgehead atoms. The third kappa shape index (κ3) is 3.47. The van der Waals surface area contributed by atoms with Gasteiger partial charge < -0.3 is 15.6 Å². The number of nitrogen functional groups attached to an aromatic ring is 1. The molecule has 6 heteroatoms. The molecule has 0 saturated carbocycles. The van der Waals surface area contributed by atoms with Gasteiger partial charge in [0.15, 0.2) is 6.61 Å². The number of hydrogen-bond acceptors (Lipinski definition) is 3. The second kappa shape index (κ2) is 5.78.